The second-order valence-corrected chi connectivity index (χ2v) is 8.16. The van der Waals surface area contributed by atoms with Crippen LogP contribution in [0.3, 0.4) is 0 Å². The molecule has 0 saturated heterocycles. The minimum Gasteiger partial charge on any atom is -0.480 e. The number of nitrogen functional groups attached to an aromatic ring is 1. The molecule has 0 aromatic carbocycles. The maximum atomic E-state index is 12.6. The molecule has 0 aliphatic rings. The molecule has 0 bridgehead atoms. The van der Waals surface area contributed by atoms with Gasteiger partial charge in [-0.2, -0.15) is 13.1 Å². The summed E-state index contributed by atoms with van der Waals surface area (Å²) in [6.07, 6.45) is 0. The Hall–Kier alpha value is -2.82. The van der Waals surface area contributed by atoms with Crippen LogP contribution in [-0.4, -0.2) is 69.4 Å². The number of oxime groups is 1. The minimum absolute atomic E-state index is 0.0363. The Morgan fingerprint density at radius 1 is 1.34 bits per heavy atom. The minimum atomic E-state index is -4.76. The van der Waals surface area contributed by atoms with E-state index >= 15 is 0 Å². The summed E-state index contributed by atoms with van der Waals surface area (Å²) in [5.74, 6) is -4.20. The number of carboxylic acid groups (broad SMARTS) is 2. The molecule has 14 nitrogen and oxygen atoms in total. The lowest BCUT2D eigenvalue weighted by Gasteiger charge is -2.21. The lowest BCUT2D eigenvalue weighted by Crippen LogP contribution is -2.55. The van der Waals surface area contributed by atoms with E-state index in [0.29, 0.717) is 0 Å². The summed E-state index contributed by atoms with van der Waals surface area (Å²) in [5, 5.41) is 25.1. The van der Waals surface area contributed by atoms with Gasteiger partial charge in [-0.3, -0.25) is 9.35 Å². The van der Waals surface area contributed by atoms with Gasteiger partial charge in [-0.15, -0.1) is 11.3 Å². The molecule has 0 fully saturated rings. The number of aliphatic carboxylic acids is 2. The molecule has 0 aliphatic heterocycles. The highest BCUT2D eigenvalue weighted by molar-refractivity contribution is 7.83. The Kier molecular flexibility index (Phi) is 7.62. The van der Waals surface area contributed by atoms with E-state index in [2.05, 4.69) is 10.1 Å². The van der Waals surface area contributed by atoms with Gasteiger partial charge in [-0.25, -0.2) is 14.6 Å². The molecule has 0 spiro atoms. The molecule has 1 aromatic rings. The number of nitrogens with one attached hydrogen (secondary N) is 2. The van der Waals surface area contributed by atoms with Crippen molar-refractivity contribution >= 4 is 50.3 Å². The van der Waals surface area contributed by atoms with Gasteiger partial charge in [0, 0.05) is 5.38 Å². The highest BCUT2D eigenvalue weighted by Crippen LogP contribution is 2.15. The van der Waals surface area contributed by atoms with Crippen molar-refractivity contribution in [2.24, 2.45) is 5.16 Å². The topological polar surface area (TPSA) is 231 Å². The van der Waals surface area contributed by atoms with Gasteiger partial charge < -0.3 is 26.1 Å². The molecule has 0 radical (unpaired) electrons. The van der Waals surface area contributed by atoms with Crippen LogP contribution < -0.4 is 15.8 Å². The zero-order valence-corrected chi connectivity index (χ0v) is 16.9. The number of carbonyl (C=O) groups excluding carboxylic acids is 1. The molecular weight excluding hydrogens is 434 g/mol. The van der Waals surface area contributed by atoms with Gasteiger partial charge in [0.05, 0.1) is 6.04 Å². The normalized spacial score (nSPS) is 14.7. The number of hydrogen-bond donors (Lipinski definition) is 6. The van der Waals surface area contributed by atoms with Crippen molar-refractivity contribution in [3.8, 4) is 0 Å². The van der Waals surface area contributed by atoms with Gasteiger partial charge in [-0.05, 0) is 20.8 Å². The van der Waals surface area contributed by atoms with Crippen molar-refractivity contribution in [2.75, 3.05) is 5.73 Å². The smallest absolute Gasteiger partial charge is 0.350 e. The molecule has 1 rings (SSSR count). The van der Waals surface area contributed by atoms with Crippen LogP contribution in [0.1, 0.15) is 26.5 Å². The van der Waals surface area contributed by atoms with Crippen LogP contribution >= 0.6 is 11.3 Å². The third kappa shape index (κ3) is 7.26. The van der Waals surface area contributed by atoms with Gasteiger partial charge in [-0.1, -0.05) is 5.16 Å². The standard InChI is InChI=1S/C13H19N5O9S2/c1-5(18-29(24,25)26)7(10(20)21)16-9(19)8(6-4-28-12(14)15-6)17-27-13(2,3)11(22)23/h4-5,7,18H,1-3H3,(H2,14,15)(H,16,19)(H,20,21)(H,22,23)(H,24,25,26)/b17-8+/t5-,7-/m0/s1. The highest BCUT2D eigenvalue weighted by Gasteiger charge is 2.33. The van der Waals surface area contributed by atoms with E-state index in [4.69, 9.17) is 20.2 Å². The number of amides is 1. The van der Waals surface area contributed by atoms with Gasteiger partial charge in [0.15, 0.2) is 10.8 Å². The molecule has 162 valence electrons. The van der Waals surface area contributed by atoms with Crippen molar-refractivity contribution in [2.45, 2.75) is 38.5 Å². The fourth-order valence-corrected chi connectivity index (χ4v) is 2.87. The third-order valence-electron chi connectivity index (χ3n) is 3.25. The predicted octanol–water partition coefficient (Wildman–Crippen LogP) is -1.34. The molecule has 1 aromatic heterocycles. The van der Waals surface area contributed by atoms with Crippen molar-refractivity contribution in [1.82, 2.24) is 15.0 Å². The Morgan fingerprint density at radius 3 is 2.34 bits per heavy atom. The van der Waals surface area contributed by atoms with Crippen LogP contribution in [0.25, 0.3) is 0 Å². The van der Waals surface area contributed by atoms with E-state index in [1.807, 2.05) is 5.32 Å². The van der Waals surface area contributed by atoms with E-state index in [-0.39, 0.29) is 10.8 Å². The highest BCUT2D eigenvalue weighted by atomic mass is 32.2. The number of rotatable bonds is 10. The summed E-state index contributed by atoms with van der Waals surface area (Å²) in [6.45, 7) is 3.39. The summed E-state index contributed by atoms with van der Waals surface area (Å²) in [5.41, 5.74) is 2.93. The number of carboxylic acids is 2. The van der Waals surface area contributed by atoms with Gasteiger partial charge in [0.25, 0.3) is 5.91 Å². The number of hydrogen-bond acceptors (Lipinski definition) is 10. The second-order valence-electron chi connectivity index (χ2n) is 6.09. The first-order chi connectivity index (χ1) is 13.1. The molecular formula is C13H19N5O9S2. The quantitative estimate of drug-likeness (QED) is 0.138. The lowest BCUT2D eigenvalue weighted by atomic mass is 10.1. The van der Waals surface area contributed by atoms with Gasteiger partial charge in [0.1, 0.15) is 11.7 Å². The monoisotopic (exact) mass is 453 g/mol. The third-order valence-corrected chi connectivity index (χ3v) is 4.59. The molecule has 0 unspecified atom stereocenters. The molecule has 16 heteroatoms. The molecule has 2 atom stereocenters. The van der Waals surface area contributed by atoms with Crippen LogP contribution in [-0.2, 0) is 29.5 Å². The molecule has 0 aliphatic carbocycles. The Balaban J connectivity index is 3.22. The van der Waals surface area contributed by atoms with E-state index < -0.39 is 51.5 Å². The Labute approximate surface area is 168 Å². The fourth-order valence-electron chi connectivity index (χ4n) is 1.71. The predicted molar refractivity (Wildman–Crippen MR) is 99.6 cm³/mol. The zero-order valence-electron chi connectivity index (χ0n) is 15.3. The number of thiazole rings is 1. The number of carbonyl (C=O) groups is 3. The molecule has 1 heterocycles. The van der Waals surface area contributed by atoms with Crippen LogP contribution in [0.5, 0.6) is 0 Å². The van der Waals surface area contributed by atoms with Crippen molar-refractivity contribution in [1.29, 1.82) is 0 Å². The maximum absolute atomic E-state index is 12.6. The van der Waals surface area contributed by atoms with Crippen LogP contribution in [0.2, 0.25) is 0 Å². The number of aromatic nitrogens is 1. The summed E-state index contributed by atoms with van der Waals surface area (Å²) < 4.78 is 32.2. The Bertz CT molecular complexity index is 925. The number of nitrogens with two attached hydrogens (primary N) is 1. The van der Waals surface area contributed by atoms with Crippen LogP contribution in [0.4, 0.5) is 5.13 Å². The first kappa shape index (κ1) is 24.2. The van der Waals surface area contributed by atoms with Crippen LogP contribution in [0.15, 0.2) is 10.5 Å². The Morgan fingerprint density at radius 2 is 1.93 bits per heavy atom. The number of nitrogens with zero attached hydrogens (tertiary/aromatic N) is 2. The van der Waals surface area contributed by atoms with E-state index in [0.717, 1.165) is 32.1 Å². The largest absolute Gasteiger partial charge is 0.480 e. The summed E-state index contributed by atoms with van der Waals surface area (Å²) in [7, 11) is -4.76. The molecule has 0 saturated carbocycles. The second kappa shape index (κ2) is 9.12. The SMILES string of the molecule is C[C@H](NS(=O)(=O)O)[C@H](NC(=O)/C(=N/OC(C)(C)C(=O)O)c1csc(N)n1)C(=O)O. The fraction of sp³-hybridized carbons (Fsp3) is 0.462. The molecule has 7 N–H and O–H groups in total. The van der Waals surface area contributed by atoms with E-state index in [9.17, 15) is 27.9 Å². The maximum Gasteiger partial charge on any atom is 0.350 e. The zero-order chi connectivity index (χ0) is 22.6. The average molecular weight is 453 g/mol. The van der Waals surface area contributed by atoms with Crippen LogP contribution in [0, 0.1) is 0 Å². The van der Waals surface area contributed by atoms with Crippen molar-refractivity contribution in [3.05, 3.63) is 11.1 Å². The first-order valence-electron chi connectivity index (χ1n) is 7.63. The van der Waals surface area contributed by atoms with Gasteiger partial charge in [0.2, 0.25) is 5.60 Å². The van der Waals surface area contributed by atoms with Crippen molar-refractivity contribution in [3.63, 3.8) is 0 Å². The number of anilines is 1. The first-order valence-corrected chi connectivity index (χ1v) is 9.95. The average Bonchev–Trinajstić information content (AvgIpc) is 2.96. The van der Waals surface area contributed by atoms with E-state index in [1.165, 1.54) is 5.38 Å². The van der Waals surface area contributed by atoms with Gasteiger partial charge >= 0.3 is 22.2 Å². The molecule has 1 amide bonds. The molecule has 29 heavy (non-hydrogen) atoms. The summed E-state index contributed by atoms with van der Waals surface area (Å²) in [4.78, 5) is 43.8. The lowest BCUT2D eigenvalue weighted by molar-refractivity contribution is -0.161. The van der Waals surface area contributed by atoms with Crippen molar-refractivity contribution < 1.29 is 42.4 Å². The van der Waals surface area contributed by atoms with E-state index in [1.54, 1.807) is 4.72 Å². The summed E-state index contributed by atoms with van der Waals surface area (Å²) >= 11 is 0.922. The summed E-state index contributed by atoms with van der Waals surface area (Å²) in [6, 6.07) is -3.30.